The molecule has 4 amide bonds. The molecule has 136 valence electrons. The molecule has 0 radical (unpaired) electrons. The fourth-order valence-corrected chi connectivity index (χ4v) is 3.62. The largest absolute Gasteiger partial charge is 0.346 e. The molecule has 9 nitrogen and oxygen atoms in total. The number of rotatable bonds is 2. The number of nitrogens with one attached hydrogen (secondary N) is 3. The Morgan fingerprint density at radius 3 is 2.54 bits per heavy atom. The van der Waals surface area contributed by atoms with Gasteiger partial charge < -0.3 is 4.98 Å². The minimum absolute atomic E-state index is 0.185. The number of aromatic nitrogens is 4. The van der Waals surface area contributed by atoms with Gasteiger partial charge in [0.25, 0.3) is 11.8 Å². The summed E-state index contributed by atoms with van der Waals surface area (Å²) in [5.74, 6) is -1.55. The van der Waals surface area contributed by atoms with Crippen molar-refractivity contribution in [1.82, 2.24) is 30.6 Å². The molecule has 3 N–H and O–H groups in total. The molecule has 0 saturated carbocycles. The zero-order valence-electron chi connectivity index (χ0n) is 14.3. The first kappa shape index (κ1) is 16.1. The lowest BCUT2D eigenvalue weighted by Crippen LogP contribution is -2.65. The molecular weight excluding hydrogens is 360 g/mol. The van der Waals surface area contributed by atoms with Crippen molar-refractivity contribution in [1.29, 1.82) is 0 Å². The maximum atomic E-state index is 13.2. The van der Waals surface area contributed by atoms with Gasteiger partial charge in [-0.2, -0.15) is 0 Å². The van der Waals surface area contributed by atoms with Crippen LogP contribution in [0.5, 0.6) is 0 Å². The first-order chi connectivity index (χ1) is 13.6. The van der Waals surface area contributed by atoms with Crippen LogP contribution in [0.4, 0.5) is 4.79 Å². The summed E-state index contributed by atoms with van der Waals surface area (Å²) in [5, 5.41) is 5.67. The first-order valence-electron chi connectivity index (χ1n) is 8.41. The van der Waals surface area contributed by atoms with Crippen molar-refractivity contribution in [2.24, 2.45) is 0 Å². The number of carbonyl (C=O) groups is 3. The number of imide groups is 2. The highest BCUT2D eigenvalue weighted by Crippen LogP contribution is 2.37. The number of benzene rings is 1. The van der Waals surface area contributed by atoms with Crippen LogP contribution in [0.25, 0.3) is 21.9 Å². The Hall–Kier alpha value is -4.14. The van der Waals surface area contributed by atoms with Crippen molar-refractivity contribution in [3.05, 3.63) is 66.4 Å². The van der Waals surface area contributed by atoms with E-state index in [1.807, 2.05) is 6.07 Å². The first-order valence-corrected chi connectivity index (χ1v) is 8.41. The molecule has 4 aromatic rings. The molecule has 28 heavy (non-hydrogen) atoms. The number of fused-ring (bicyclic) bond motifs is 2. The zero-order chi connectivity index (χ0) is 19.3. The number of amides is 4. The monoisotopic (exact) mass is 372 g/mol. The molecular formula is C19H12N6O3. The van der Waals surface area contributed by atoms with E-state index in [2.05, 4.69) is 30.6 Å². The zero-order valence-corrected chi connectivity index (χ0v) is 14.3. The molecule has 0 unspecified atom stereocenters. The maximum absolute atomic E-state index is 13.2. The molecule has 1 aromatic carbocycles. The number of H-pyrrole nitrogens is 1. The van der Waals surface area contributed by atoms with Gasteiger partial charge in [0.2, 0.25) is 0 Å². The van der Waals surface area contributed by atoms with Crippen molar-refractivity contribution in [3.63, 3.8) is 0 Å². The summed E-state index contributed by atoms with van der Waals surface area (Å²) in [6.45, 7) is 0. The average Bonchev–Trinajstić information content (AvgIpc) is 3.17. The van der Waals surface area contributed by atoms with Gasteiger partial charge in [0, 0.05) is 23.2 Å². The van der Waals surface area contributed by atoms with Gasteiger partial charge >= 0.3 is 6.03 Å². The molecule has 4 heterocycles. The third-order valence-corrected chi connectivity index (χ3v) is 4.88. The van der Waals surface area contributed by atoms with Crippen molar-refractivity contribution in [2.75, 3.05) is 0 Å². The fraction of sp³-hybridized carbons (Fsp3) is 0.0526. The van der Waals surface area contributed by atoms with Crippen molar-refractivity contribution in [2.45, 2.75) is 5.41 Å². The Balaban J connectivity index is 1.87. The Labute approximate surface area is 157 Å². The van der Waals surface area contributed by atoms with Crippen LogP contribution in [-0.2, 0) is 15.0 Å². The molecule has 1 aliphatic rings. The van der Waals surface area contributed by atoms with E-state index in [-0.39, 0.29) is 5.69 Å². The number of hydrogen-bond donors (Lipinski definition) is 3. The molecule has 1 saturated heterocycles. The fourth-order valence-electron chi connectivity index (χ4n) is 3.62. The van der Waals surface area contributed by atoms with E-state index < -0.39 is 23.3 Å². The molecule has 1 fully saturated rings. The van der Waals surface area contributed by atoms with Crippen LogP contribution < -0.4 is 10.6 Å². The molecule has 0 atom stereocenters. The maximum Gasteiger partial charge on any atom is 0.328 e. The van der Waals surface area contributed by atoms with Gasteiger partial charge in [-0.3, -0.25) is 25.2 Å². The highest BCUT2D eigenvalue weighted by molar-refractivity contribution is 6.26. The van der Waals surface area contributed by atoms with Gasteiger partial charge in [-0.05, 0) is 29.8 Å². The Kier molecular flexibility index (Phi) is 3.26. The molecule has 5 rings (SSSR count). The summed E-state index contributed by atoms with van der Waals surface area (Å²) in [6.07, 6.45) is 4.57. The molecule has 0 bridgehead atoms. The second-order valence-corrected chi connectivity index (χ2v) is 6.36. The molecule has 3 aromatic heterocycles. The lowest BCUT2D eigenvalue weighted by atomic mass is 9.73. The van der Waals surface area contributed by atoms with Crippen LogP contribution in [0.1, 0.15) is 11.3 Å². The Morgan fingerprint density at radius 2 is 1.71 bits per heavy atom. The average molecular weight is 372 g/mol. The van der Waals surface area contributed by atoms with Crippen LogP contribution in [0.15, 0.2) is 55.1 Å². The highest BCUT2D eigenvalue weighted by atomic mass is 16.2. The normalized spacial score (nSPS) is 16.2. The highest BCUT2D eigenvalue weighted by Gasteiger charge is 2.55. The van der Waals surface area contributed by atoms with Crippen LogP contribution in [0, 0.1) is 0 Å². The molecule has 1 aliphatic heterocycles. The van der Waals surface area contributed by atoms with E-state index in [0.29, 0.717) is 22.1 Å². The van der Waals surface area contributed by atoms with Crippen molar-refractivity contribution >= 4 is 39.8 Å². The Morgan fingerprint density at radius 1 is 0.893 bits per heavy atom. The van der Waals surface area contributed by atoms with Gasteiger partial charge in [-0.1, -0.05) is 12.1 Å². The van der Waals surface area contributed by atoms with Gasteiger partial charge in [0.15, 0.2) is 5.41 Å². The van der Waals surface area contributed by atoms with E-state index in [1.165, 1.54) is 6.33 Å². The van der Waals surface area contributed by atoms with Crippen LogP contribution in [0.3, 0.4) is 0 Å². The summed E-state index contributed by atoms with van der Waals surface area (Å²) >= 11 is 0. The minimum atomic E-state index is -1.86. The van der Waals surface area contributed by atoms with Crippen LogP contribution >= 0.6 is 0 Å². The van der Waals surface area contributed by atoms with E-state index in [9.17, 15) is 14.4 Å². The van der Waals surface area contributed by atoms with E-state index >= 15 is 0 Å². The molecule has 9 heteroatoms. The summed E-state index contributed by atoms with van der Waals surface area (Å²) < 4.78 is 0. The van der Waals surface area contributed by atoms with Crippen LogP contribution in [0.2, 0.25) is 0 Å². The van der Waals surface area contributed by atoms with Gasteiger partial charge in [0.05, 0.1) is 11.2 Å². The third-order valence-electron chi connectivity index (χ3n) is 4.88. The minimum Gasteiger partial charge on any atom is -0.346 e. The molecule has 0 spiro atoms. The summed E-state index contributed by atoms with van der Waals surface area (Å²) in [7, 11) is 0. The predicted octanol–water partition coefficient (Wildman–Crippen LogP) is 1.16. The van der Waals surface area contributed by atoms with Crippen molar-refractivity contribution in [3.8, 4) is 0 Å². The van der Waals surface area contributed by atoms with E-state index in [0.717, 1.165) is 5.39 Å². The lowest BCUT2D eigenvalue weighted by molar-refractivity contribution is -0.136. The summed E-state index contributed by atoms with van der Waals surface area (Å²) in [4.78, 5) is 53.7. The summed E-state index contributed by atoms with van der Waals surface area (Å²) in [5.41, 5.74) is -0.115. The Bertz CT molecular complexity index is 1280. The predicted molar refractivity (Wildman–Crippen MR) is 98.1 cm³/mol. The number of barbiturate groups is 1. The smallest absolute Gasteiger partial charge is 0.328 e. The topological polar surface area (TPSA) is 130 Å². The number of aromatic amines is 1. The summed E-state index contributed by atoms with van der Waals surface area (Å²) in [6, 6.07) is 9.48. The second-order valence-electron chi connectivity index (χ2n) is 6.36. The van der Waals surface area contributed by atoms with E-state index in [1.54, 1.807) is 42.7 Å². The number of hydrogen-bond acceptors (Lipinski definition) is 6. The number of nitrogens with zero attached hydrogens (tertiary/aromatic N) is 3. The SMILES string of the molecule is O=C1NC(=O)C(c2ccc3ncccc3c2)(c2ncnc3[nH]ccc23)C(=O)N1. The van der Waals surface area contributed by atoms with Gasteiger partial charge in [-0.25, -0.2) is 14.8 Å². The number of pyridine rings is 1. The van der Waals surface area contributed by atoms with Gasteiger partial charge in [-0.15, -0.1) is 0 Å². The third kappa shape index (κ3) is 2.07. The van der Waals surface area contributed by atoms with Crippen molar-refractivity contribution < 1.29 is 14.4 Å². The molecule has 0 aliphatic carbocycles. The van der Waals surface area contributed by atoms with Crippen LogP contribution in [-0.4, -0.2) is 37.8 Å². The van der Waals surface area contributed by atoms with E-state index in [4.69, 9.17) is 0 Å². The number of urea groups is 1. The standard InChI is InChI=1S/C19H12N6O3/c26-16-19(17(27)25-18(28)24-16,14-12-5-7-21-15(12)23-9-22-14)11-3-4-13-10(8-11)2-1-6-20-13/h1-9H,(H,21,22,23)(H2,24,25,26,27,28). The number of carbonyl (C=O) groups excluding carboxylic acids is 3. The quantitative estimate of drug-likeness (QED) is 0.453. The van der Waals surface area contributed by atoms with Gasteiger partial charge in [0.1, 0.15) is 12.0 Å². The second kappa shape index (κ2) is 5.68. The lowest BCUT2D eigenvalue weighted by Gasteiger charge is -2.34.